The van der Waals surface area contributed by atoms with E-state index in [1.807, 2.05) is 36.4 Å². The fourth-order valence-electron chi connectivity index (χ4n) is 3.07. The lowest BCUT2D eigenvalue weighted by molar-refractivity contribution is -0.385. The van der Waals surface area contributed by atoms with Gasteiger partial charge in [-0.2, -0.15) is 5.26 Å². The van der Waals surface area contributed by atoms with Crippen molar-refractivity contribution < 1.29 is 19.2 Å². The van der Waals surface area contributed by atoms with Crippen LogP contribution in [0.2, 0.25) is 0 Å². The summed E-state index contributed by atoms with van der Waals surface area (Å²) < 4.78 is 11.1. The third-order valence-corrected chi connectivity index (χ3v) is 4.67. The zero-order valence-corrected chi connectivity index (χ0v) is 17.1. The molecule has 0 bridgehead atoms. The van der Waals surface area contributed by atoms with E-state index in [-0.39, 0.29) is 29.4 Å². The molecule has 1 atom stereocenters. The Bertz CT molecular complexity index is 1160. The summed E-state index contributed by atoms with van der Waals surface area (Å²) in [6.45, 7) is 0.177. The number of carbonyl (C=O) groups excluding carboxylic acids is 1. The van der Waals surface area contributed by atoms with Gasteiger partial charge in [0.2, 0.25) is 5.91 Å². The number of nitro benzene ring substituents is 1. The number of rotatable bonds is 9. The molecular weight excluding hydrogens is 412 g/mol. The van der Waals surface area contributed by atoms with E-state index >= 15 is 0 Å². The molecule has 3 aromatic rings. The molecule has 9 nitrogen and oxygen atoms in total. The minimum atomic E-state index is -1.22. The number of methoxy groups -OCH3 is 1. The molecule has 9 heteroatoms. The molecule has 32 heavy (non-hydrogen) atoms. The number of nitrogens with zero attached hydrogens (tertiary/aromatic N) is 2. The Balaban J connectivity index is 1.97. The van der Waals surface area contributed by atoms with E-state index in [1.165, 1.54) is 19.2 Å². The topological polar surface area (TPSA) is 141 Å². The second-order valence-electron chi connectivity index (χ2n) is 6.76. The summed E-state index contributed by atoms with van der Waals surface area (Å²) in [5.74, 6) is -0.444. The van der Waals surface area contributed by atoms with Crippen LogP contribution in [0.3, 0.4) is 0 Å². The molecule has 162 valence electrons. The first-order valence-corrected chi connectivity index (χ1v) is 9.52. The number of primary amides is 1. The highest BCUT2D eigenvalue weighted by molar-refractivity contribution is 5.86. The minimum Gasteiger partial charge on any atom is -0.493 e. The maximum atomic E-state index is 12.2. The van der Waals surface area contributed by atoms with Crippen molar-refractivity contribution in [2.45, 2.75) is 12.6 Å². The van der Waals surface area contributed by atoms with Crippen molar-refractivity contribution in [2.75, 3.05) is 12.4 Å². The lowest BCUT2D eigenvalue weighted by Crippen LogP contribution is -2.28. The molecule has 0 spiro atoms. The summed E-state index contributed by atoms with van der Waals surface area (Å²) in [7, 11) is 1.40. The highest BCUT2D eigenvalue weighted by Gasteiger charge is 2.29. The zero-order valence-electron chi connectivity index (χ0n) is 17.1. The van der Waals surface area contributed by atoms with Crippen LogP contribution in [0.1, 0.15) is 22.7 Å². The van der Waals surface area contributed by atoms with Gasteiger partial charge in [0.1, 0.15) is 12.6 Å². The summed E-state index contributed by atoms with van der Waals surface area (Å²) in [5.41, 5.74) is 7.00. The summed E-state index contributed by atoms with van der Waals surface area (Å²) in [6, 6.07) is 18.9. The highest BCUT2D eigenvalue weighted by atomic mass is 16.6. The van der Waals surface area contributed by atoms with Gasteiger partial charge in [-0.3, -0.25) is 14.9 Å². The number of benzene rings is 3. The first kappa shape index (κ1) is 22.1. The number of anilines is 1. The molecule has 1 unspecified atom stereocenters. The van der Waals surface area contributed by atoms with Crippen LogP contribution in [0.15, 0.2) is 66.7 Å². The standard InChI is InChI=1S/C23H20N4O5/c1-31-20-11-18(22(23(25)28)26-17-9-7-15(13-24)8-10-17)19(27(29)30)12-21(20)32-14-16-5-3-2-4-6-16/h2-12,22,26H,14H2,1H3,(H2,25,28). The predicted molar refractivity (Wildman–Crippen MR) is 117 cm³/mol. The number of amides is 1. The van der Waals surface area contributed by atoms with Crippen LogP contribution in [0.5, 0.6) is 11.5 Å². The predicted octanol–water partition coefficient (Wildman–Crippen LogP) is 3.69. The lowest BCUT2D eigenvalue weighted by Gasteiger charge is -2.19. The molecule has 0 saturated carbocycles. The maximum absolute atomic E-state index is 12.2. The van der Waals surface area contributed by atoms with Crippen molar-refractivity contribution in [3.05, 3.63) is 93.5 Å². The number of carbonyl (C=O) groups is 1. The number of ether oxygens (including phenoxy) is 2. The number of nitrogens with one attached hydrogen (secondary N) is 1. The van der Waals surface area contributed by atoms with Crippen molar-refractivity contribution in [1.29, 1.82) is 5.26 Å². The average molecular weight is 432 g/mol. The van der Waals surface area contributed by atoms with Gasteiger partial charge in [0.25, 0.3) is 5.69 Å². The van der Waals surface area contributed by atoms with Gasteiger partial charge < -0.3 is 20.5 Å². The van der Waals surface area contributed by atoms with E-state index in [4.69, 9.17) is 20.5 Å². The number of nitriles is 1. The van der Waals surface area contributed by atoms with Gasteiger partial charge in [0, 0.05) is 5.69 Å². The van der Waals surface area contributed by atoms with Gasteiger partial charge in [-0.15, -0.1) is 0 Å². The van der Waals surface area contributed by atoms with Crippen LogP contribution in [-0.4, -0.2) is 17.9 Å². The lowest BCUT2D eigenvalue weighted by atomic mass is 10.0. The Kier molecular flexibility index (Phi) is 6.88. The summed E-state index contributed by atoms with van der Waals surface area (Å²) in [6.07, 6.45) is 0. The fourth-order valence-corrected chi connectivity index (χ4v) is 3.07. The van der Waals surface area contributed by atoms with Crippen molar-refractivity contribution in [2.24, 2.45) is 5.73 Å². The average Bonchev–Trinajstić information content (AvgIpc) is 2.81. The van der Waals surface area contributed by atoms with E-state index in [9.17, 15) is 14.9 Å². The Morgan fingerprint density at radius 3 is 2.41 bits per heavy atom. The molecule has 3 aromatic carbocycles. The Morgan fingerprint density at radius 2 is 1.84 bits per heavy atom. The van der Waals surface area contributed by atoms with E-state index in [2.05, 4.69) is 5.32 Å². The molecule has 0 heterocycles. The van der Waals surface area contributed by atoms with Crippen LogP contribution in [-0.2, 0) is 11.4 Å². The molecule has 0 saturated heterocycles. The van der Waals surface area contributed by atoms with Crippen molar-refractivity contribution in [3.8, 4) is 17.6 Å². The molecule has 0 aromatic heterocycles. The number of hydrogen-bond donors (Lipinski definition) is 2. The van der Waals surface area contributed by atoms with Crippen molar-refractivity contribution in [3.63, 3.8) is 0 Å². The van der Waals surface area contributed by atoms with Crippen LogP contribution < -0.4 is 20.5 Å². The molecule has 0 aliphatic carbocycles. The van der Waals surface area contributed by atoms with Gasteiger partial charge in [-0.25, -0.2) is 0 Å². The van der Waals surface area contributed by atoms with Crippen molar-refractivity contribution >= 4 is 17.3 Å². The second-order valence-corrected chi connectivity index (χ2v) is 6.76. The molecule has 3 rings (SSSR count). The van der Waals surface area contributed by atoms with Crippen LogP contribution in [0.25, 0.3) is 0 Å². The van der Waals surface area contributed by atoms with Gasteiger partial charge in [0.05, 0.1) is 35.3 Å². The van der Waals surface area contributed by atoms with Crippen LogP contribution in [0, 0.1) is 21.4 Å². The molecule has 0 aliphatic heterocycles. The molecule has 3 N–H and O–H groups in total. The highest BCUT2D eigenvalue weighted by Crippen LogP contribution is 2.39. The zero-order chi connectivity index (χ0) is 23.1. The molecule has 0 aliphatic rings. The van der Waals surface area contributed by atoms with E-state index in [0.29, 0.717) is 11.3 Å². The van der Waals surface area contributed by atoms with Gasteiger partial charge >= 0.3 is 0 Å². The number of nitro groups is 1. The summed E-state index contributed by atoms with van der Waals surface area (Å²) >= 11 is 0. The van der Waals surface area contributed by atoms with Gasteiger partial charge in [-0.05, 0) is 35.9 Å². The SMILES string of the molecule is COc1cc(C(Nc2ccc(C#N)cc2)C(N)=O)c([N+](=O)[O-])cc1OCc1ccccc1. The third-order valence-electron chi connectivity index (χ3n) is 4.67. The fraction of sp³-hybridized carbons (Fsp3) is 0.130. The smallest absolute Gasteiger partial charge is 0.279 e. The minimum absolute atomic E-state index is 0.0239. The van der Waals surface area contributed by atoms with Crippen LogP contribution in [0.4, 0.5) is 11.4 Å². The van der Waals surface area contributed by atoms with E-state index in [0.717, 1.165) is 5.56 Å². The molecular formula is C23H20N4O5. The van der Waals surface area contributed by atoms with Gasteiger partial charge in [0.15, 0.2) is 11.5 Å². The number of nitrogens with two attached hydrogens (primary N) is 1. The Labute approximate surface area is 184 Å². The third kappa shape index (κ3) is 5.12. The Hall–Kier alpha value is -4.58. The quantitative estimate of drug-likeness (QED) is 0.388. The first-order valence-electron chi connectivity index (χ1n) is 9.52. The monoisotopic (exact) mass is 432 g/mol. The second kappa shape index (κ2) is 9.95. The van der Waals surface area contributed by atoms with E-state index in [1.54, 1.807) is 24.3 Å². The number of hydrogen-bond acceptors (Lipinski definition) is 7. The van der Waals surface area contributed by atoms with Crippen LogP contribution >= 0.6 is 0 Å². The normalized spacial score (nSPS) is 11.1. The van der Waals surface area contributed by atoms with E-state index < -0.39 is 16.9 Å². The van der Waals surface area contributed by atoms with Gasteiger partial charge in [-0.1, -0.05) is 30.3 Å². The first-order chi connectivity index (χ1) is 15.4. The summed E-state index contributed by atoms with van der Waals surface area (Å²) in [5, 5.41) is 23.6. The molecule has 0 fully saturated rings. The molecule has 0 radical (unpaired) electrons. The largest absolute Gasteiger partial charge is 0.493 e. The van der Waals surface area contributed by atoms with Crippen molar-refractivity contribution in [1.82, 2.24) is 0 Å². The summed E-state index contributed by atoms with van der Waals surface area (Å²) in [4.78, 5) is 23.4. The Morgan fingerprint density at radius 1 is 1.16 bits per heavy atom. The molecule has 1 amide bonds. The maximum Gasteiger partial charge on any atom is 0.279 e.